The number of halogens is 1. The first-order chi connectivity index (χ1) is 7.66. The zero-order chi connectivity index (χ0) is 11.5. The molecule has 1 aliphatic rings. The Balaban J connectivity index is 2.08. The van der Waals surface area contributed by atoms with Crippen molar-refractivity contribution >= 4 is 21.8 Å². The number of rotatable bonds is 2. The van der Waals surface area contributed by atoms with E-state index in [0.717, 1.165) is 24.0 Å². The Morgan fingerprint density at radius 3 is 3.00 bits per heavy atom. The summed E-state index contributed by atoms with van der Waals surface area (Å²) in [5, 5.41) is 15.7. The summed E-state index contributed by atoms with van der Waals surface area (Å²) >= 11 is 3.23. The van der Waals surface area contributed by atoms with Gasteiger partial charge in [0.15, 0.2) is 0 Å². The summed E-state index contributed by atoms with van der Waals surface area (Å²) in [6, 6.07) is 5.02. The number of carbonyl (C=O) groups is 1. The highest BCUT2D eigenvalue weighted by Gasteiger charge is 2.19. The van der Waals surface area contributed by atoms with Crippen molar-refractivity contribution < 1.29 is 9.90 Å². The third kappa shape index (κ3) is 2.54. The van der Waals surface area contributed by atoms with E-state index in [0.29, 0.717) is 5.56 Å². The maximum absolute atomic E-state index is 11.8. The molecular weight excluding hydrogens is 272 g/mol. The molecule has 1 aromatic carbocycles. The van der Waals surface area contributed by atoms with Gasteiger partial charge in [-0.05, 0) is 31.2 Å². The lowest BCUT2D eigenvalue weighted by molar-refractivity contribution is 0.0937. The van der Waals surface area contributed by atoms with Gasteiger partial charge in [0, 0.05) is 17.1 Å². The lowest BCUT2D eigenvalue weighted by Crippen LogP contribution is -2.36. The highest BCUT2D eigenvalue weighted by atomic mass is 79.9. The number of hydrogen-bond acceptors (Lipinski definition) is 3. The summed E-state index contributed by atoms with van der Waals surface area (Å²) in [6.07, 6.45) is 0.934. The number of aromatic hydroxyl groups is 1. The molecule has 2 rings (SSSR count). The number of amides is 1. The molecule has 1 fully saturated rings. The van der Waals surface area contributed by atoms with Crippen molar-refractivity contribution in [3.8, 4) is 5.75 Å². The van der Waals surface area contributed by atoms with E-state index in [1.165, 1.54) is 6.07 Å². The number of hydrogen-bond donors (Lipinski definition) is 3. The average molecular weight is 285 g/mol. The Morgan fingerprint density at radius 2 is 2.38 bits per heavy atom. The van der Waals surface area contributed by atoms with Gasteiger partial charge in [-0.1, -0.05) is 15.9 Å². The molecule has 1 atom stereocenters. The molecule has 1 saturated heterocycles. The zero-order valence-electron chi connectivity index (χ0n) is 8.66. The minimum atomic E-state index is -0.223. The van der Waals surface area contributed by atoms with Crippen LogP contribution in [0.2, 0.25) is 0 Å². The van der Waals surface area contributed by atoms with Crippen molar-refractivity contribution in [1.29, 1.82) is 0 Å². The van der Waals surface area contributed by atoms with E-state index in [2.05, 4.69) is 26.6 Å². The number of phenolic OH excluding ortho intramolecular Hbond substituents is 1. The first-order valence-electron chi connectivity index (χ1n) is 5.17. The van der Waals surface area contributed by atoms with Crippen molar-refractivity contribution in [2.24, 2.45) is 0 Å². The quantitative estimate of drug-likeness (QED) is 0.766. The standard InChI is InChI=1S/C11H13BrN2O2/c12-7-1-2-9(10(15)5-7)11(16)14-8-3-4-13-6-8/h1-2,5,8,13,15H,3-4,6H2,(H,14,16)/t8-/m1/s1. The van der Waals surface area contributed by atoms with Gasteiger partial charge in [-0.15, -0.1) is 0 Å². The lowest BCUT2D eigenvalue weighted by atomic mass is 10.1. The Kier molecular flexibility index (Phi) is 3.46. The fraction of sp³-hybridized carbons (Fsp3) is 0.364. The molecule has 1 aliphatic heterocycles. The third-order valence-electron chi connectivity index (χ3n) is 2.60. The van der Waals surface area contributed by atoms with E-state index in [1.807, 2.05) is 0 Å². The molecule has 0 bridgehead atoms. The Labute approximate surface area is 102 Å². The van der Waals surface area contributed by atoms with E-state index >= 15 is 0 Å². The second kappa shape index (κ2) is 4.84. The molecule has 1 heterocycles. The molecule has 0 saturated carbocycles. The van der Waals surface area contributed by atoms with E-state index in [9.17, 15) is 9.90 Å². The van der Waals surface area contributed by atoms with Gasteiger partial charge >= 0.3 is 0 Å². The second-order valence-electron chi connectivity index (χ2n) is 3.82. The molecule has 86 valence electrons. The highest BCUT2D eigenvalue weighted by Crippen LogP contribution is 2.22. The molecule has 0 unspecified atom stereocenters. The molecule has 3 N–H and O–H groups in total. The van der Waals surface area contributed by atoms with Gasteiger partial charge in [0.25, 0.3) is 5.91 Å². The zero-order valence-corrected chi connectivity index (χ0v) is 10.3. The first kappa shape index (κ1) is 11.4. The van der Waals surface area contributed by atoms with Crippen LogP contribution in [0, 0.1) is 0 Å². The summed E-state index contributed by atoms with van der Waals surface area (Å²) < 4.78 is 0.754. The predicted molar refractivity (Wildman–Crippen MR) is 64.5 cm³/mol. The van der Waals surface area contributed by atoms with Crippen LogP contribution in [0.5, 0.6) is 5.75 Å². The summed E-state index contributed by atoms with van der Waals surface area (Å²) in [6.45, 7) is 1.72. The minimum Gasteiger partial charge on any atom is -0.507 e. The Bertz CT molecular complexity index is 403. The predicted octanol–water partition coefficient (Wildman–Crippen LogP) is 1.25. The number of phenols is 1. The lowest BCUT2D eigenvalue weighted by Gasteiger charge is -2.12. The van der Waals surface area contributed by atoms with Gasteiger partial charge in [-0.25, -0.2) is 0 Å². The maximum Gasteiger partial charge on any atom is 0.255 e. The minimum absolute atomic E-state index is 0.00201. The average Bonchev–Trinajstić information content (AvgIpc) is 2.70. The molecule has 1 aromatic rings. The van der Waals surface area contributed by atoms with Crippen molar-refractivity contribution in [3.63, 3.8) is 0 Å². The molecule has 0 radical (unpaired) electrons. The fourth-order valence-electron chi connectivity index (χ4n) is 1.74. The smallest absolute Gasteiger partial charge is 0.255 e. The molecule has 0 aromatic heterocycles. The Morgan fingerprint density at radius 1 is 1.56 bits per heavy atom. The van der Waals surface area contributed by atoms with Crippen LogP contribution in [-0.4, -0.2) is 30.1 Å². The monoisotopic (exact) mass is 284 g/mol. The third-order valence-corrected chi connectivity index (χ3v) is 3.09. The van der Waals surface area contributed by atoms with Crippen LogP contribution < -0.4 is 10.6 Å². The summed E-state index contributed by atoms with van der Waals surface area (Å²) in [4.78, 5) is 11.8. The van der Waals surface area contributed by atoms with Crippen LogP contribution in [0.25, 0.3) is 0 Å². The van der Waals surface area contributed by atoms with Gasteiger partial charge in [0.05, 0.1) is 5.56 Å². The van der Waals surface area contributed by atoms with Gasteiger partial charge in [0.2, 0.25) is 0 Å². The normalized spacial score (nSPS) is 19.7. The van der Waals surface area contributed by atoms with E-state index in [4.69, 9.17) is 0 Å². The first-order valence-corrected chi connectivity index (χ1v) is 5.96. The van der Waals surface area contributed by atoms with Crippen LogP contribution in [0.4, 0.5) is 0 Å². The van der Waals surface area contributed by atoms with E-state index in [-0.39, 0.29) is 17.7 Å². The van der Waals surface area contributed by atoms with Crippen molar-refractivity contribution in [1.82, 2.24) is 10.6 Å². The van der Waals surface area contributed by atoms with Gasteiger partial charge in [-0.2, -0.15) is 0 Å². The highest BCUT2D eigenvalue weighted by molar-refractivity contribution is 9.10. The molecule has 5 heteroatoms. The second-order valence-corrected chi connectivity index (χ2v) is 4.74. The molecule has 0 aliphatic carbocycles. The van der Waals surface area contributed by atoms with Gasteiger partial charge in [-0.3, -0.25) is 4.79 Å². The molecule has 16 heavy (non-hydrogen) atoms. The van der Waals surface area contributed by atoms with Crippen LogP contribution in [0.3, 0.4) is 0 Å². The maximum atomic E-state index is 11.8. The van der Waals surface area contributed by atoms with Gasteiger partial charge < -0.3 is 15.7 Å². The van der Waals surface area contributed by atoms with Crippen LogP contribution in [0.15, 0.2) is 22.7 Å². The summed E-state index contributed by atoms with van der Waals surface area (Å²) in [5.74, 6) is -0.225. The van der Waals surface area contributed by atoms with Crippen LogP contribution >= 0.6 is 15.9 Å². The van der Waals surface area contributed by atoms with Crippen molar-refractivity contribution in [3.05, 3.63) is 28.2 Å². The molecule has 0 spiro atoms. The fourth-order valence-corrected chi connectivity index (χ4v) is 2.09. The SMILES string of the molecule is O=C(N[C@@H]1CCNC1)c1ccc(Br)cc1O. The topological polar surface area (TPSA) is 61.4 Å². The number of nitrogens with one attached hydrogen (secondary N) is 2. The van der Waals surface area contributed by atoms with E-state index in [1.54, 1.807) is 12.1 Å². The van der Waals surface area contributed by atoms with Crippen LogP contribution in [0.1, 0.15) is 16.8 Å². The van der Waals surface area contributed by atoms with Crippen LogP contribution in [-0.2, 0) is 0 Å². The number of benzene rings is 1. The summed E-state index contributed by atoms with van der Waals surface area (Å²) in [5.41, 5.74) is 0.315. The van der Waals surface area contributed by atoms with E-state index < -0.39 is 0 Å². The summed E-state index contributed by atoms with van der Waals surface area (Å²) in [7, 11) is 0. The Hall–Kier alpha value is -1.07. The largest absolute Gasteiger partial charge is 0.507 e. The van der Waals surface area contributed by atoms with Crippen molar-refractivity contribution in [2.75, 3.05) is 13.1 Å². The van der Waals surface area contributed by atoms with Crippen molar-refractivity contribution in [2.45, 2.75) is 12.5 Å². The molecule has 1 amide bonds. The van der Waals surface area contributed by atoms with Gasteiger partial charge in [0.1, 0.15) is 5.75 Å². The number of carbonyl (C=O) groups excluding carboxylic acids is 1. The molecular formula is C11H13BrN2O2. The molecule has 4 nitrogen and oxygen atoms in total.